The molecule has 0 aromatic rings. The molecule has 17 heavy (non-hydrogen) atoms. The fourth-order valence-electron chi connectivity index (χ4n) is 2.48. The van der Waals surface area contributed by atoms with Crippen LogP contribution in [0.5, 0.6) is 0 Å². The quantitative estimate of drug-likeness (QED) is 0.816. The van der Waals surface area contributed by atoms with E-state index in [1.165, 1.54) is 0 Å². The average Bonchev–Trinajstić information content (AvgIpc) is 2.24. The van der Waals surface area contributed by atoms with Crippen LogP contribution in [0.15, 0.2) is 0 Å². The summed E-state index contributed by atoms with van der Waals surface area (Å²) >= 11 is 0. The van der Waals surface area contributed by atoms with E-state index in [1.54, 1.807) is 0 Å². The van der Waals surface area contributed by atoms with Gasteiger partial charge in [0.05, 0.1) is 17.2 Å². The SMILES string of the molecule is CCC(N)(CC)C(=O)N1CC(C)OC(C)(C)C1. The van der Waals surface area contributed by atoms with Crippen LogP contribution in [0.3, 0.4) is 0 Å². The summed E-state index contributed by atoms with van der Waals surface area (Å²) in [7, 11) is 0. The first-order valence-electron chi connectivity index (χ1n) is 6.50. The van der Waals surface area contributed by atoms with Crippen LogP contribution >= 0.6 is 0 Å². The zero-order chi connectivity index (χ0) is 13.3. The van der Waals surface area contributed by atoms with Crippen molar-refractivity contribution in [3.63, 3.8) is 0 Å². The third kappa shape index (κ3) is 3.19. The Balaban J connectivity index is 2.82. The Morgan fingerprint density at radius 2 is 2.00 bits per heavy atom. The van der Waals surface area contributed by atoms with Gasteiger partial charge in [0.15, 0.2) is 0 Å². The second-order valence-electron chi connectivity index (χ2n) is 5.74. The summed E-state index contributed by atoms with van der Waals surface area (Å²) in [6.45, 7) is 11.2. The molecular weight excluding hydrogens is 216 g/mol. The van der Waals surface area contributed by atoms with Crippen molar-refractivity contribution in [1.82, 2.24) is 4.90 Å². The monoisotopic (exact) mass is 242 g/mol. The van der Waals surface area contributed by atoms with E-state index < -0.39 is 5.54 Å². The van der Waals surface area contributed by atoms with Crippen LogP contribution in [0.1, 0.15) is 47.5 Å². The lowest BCUT2D eigenvalue weighted by atomic mass is 9.91. The maximum Gasteiger partial charge on any atom is 0.242 e. The predicted octanol–water partition coefficient (Wildman–Crippen LogP) is 1.53. The highest BCUT2D eigenvalue weighted by atomic mass is 16.5. The molecule has 1 fully saturated rings. The topological polar surface area (TPSA) is 55.6 Å². The Labute approximate surface area is 104 Å². The molecule has 0 aromatic carbocycles. The van der Waals surface area contributed by atoms with Gasteiger partial charge in [-0.25, -0.2) is 0 Å². The van der Waals surface area contributed by atoms with Gasteiger partial charge in [0, 0.05) is 13.1 Å². The molecule has 4 nitrogen and oxygen atoms in total. The molecule has 0 aromatic heterocycles. The van der Waals surface area contributed by atoms with Gasteiger partial charge in [0.1, 0.15) is 0 Å². The molecule has 100 valence electrons. The minimum atomic E-state index is -0.715. The molecule has 1 atom stereocenters. The molecule has 1 unspecified atom stereocenters. The molecule has 1 saturated heterocycles. The van der Waals surface area contributed by atoms with E-state index in [9.17, 15) is 4.79 Å². The van der Waals surface area contributed by atoms with Crippen LogP contribution < -0.4 is 5.73 Å². The summed E-state index contributed by atoms with van der Waals surface area (Å²) in [6.07, 6.45) is 1.42. The second-order valence-corrected chi connectivity index (χ2v) is 5.74. The van der Waals surface area contributed by atoms with Crippen molar-refractivity contribution in [3.8, 4) is 0 Å². The Kier molecular flexibility index (Phi) is 4.20. The summed E-state index contributed by atoms with van der Waals surface area (Å²) < 4.78 is 5.80. The van der Waals surface area contributed by atoms with E-state index in [0.717, 1.165) is 0 Å². The van der Waals surface area contributed by atoms with E-state index >= 15 is 0 Å². The fourth-order valence-corrected chi connectivity index (χ4v) is 2.48. The van der Waals surface area contributed by atoms with E-state index in [0.29, 0.717) is 25.9 Å². The van der Waals surface area contributed by atoms with Crippen LogP contribution in [0.2, 0.25) is 0 Å². The van der Waals surface area contributed by atoms with Crippen molar-refractivity contribution in [2.45, 2.75) is 64.7 Å². The molecule has 1 rings (SSSR count). The number of rotatable bonds is 3. The average molecular weight is 242 g/mol. The molecule has 0 spiro atoms. The maximum absolute atomic E-state index is 12.5. The number of carbonyl (C=O) groups excluding carboxylic acids is 1. The van der Waals surface area contributed by atoms with Crippen LogP contribution in [0, 0.1) is 0 Å². The van der Waals surface area contributed by atoms with Gasteiger partial charge in [-0.1, -0.05) is 13.8 Å². The molecule has 0 bridgehead atoms. The molecule has 1 heterocycles. The third-order valence-corrected chi connectivity index (χ3v) is 3.54. The summed E-state index contributed by atoms with van der Waals surface area (Å²) in [5.74, 6) is 0.0609. The van der Waals surface area contributed by atoms with Gasteiger partial charge >= 0.3 is 0 Å². The molecule has 1 aliphatic heterocycles. The Bertz CT molecular complexity index is 285. The molecular formula is C13H26N2O2. The Morgan fingerprint density at radius 1 is 1.47 bits per heavy atom. The molecule has 2 N–H and O–H groups in total. The normalized spacial score (nSPS) is 24.8. The lowest BCUT2D eigenvalue weighted by molar-refractivity contribution is -0.163. The number of hydrogen-bond acceptors (Lipinski definition) is 3. The first-order valence-corrected chi connectivity index (χ1v) is 6.50. The van der Waals surface area contributed by atoms with Gasteiger partial charge in [-0.05, 0) is 33.6 Å². The van der Waals surface area contributed by atoms with Crippen molar-refractivity contribution in [2.24, 2.45) is 5.73 Å². The van der Waals surface area contributed by atoms with E-state index in [4.69, 9.17) is 10.5 Å². The Morgan fingerprint density at radius 3 is 2.41 bits per heavy atom. The van der Waals surface area contributed by atoms with E-state index in [2.05, 4.69) is 0 Å². The minimum Gasteiger partial charge on any atom is -0.369 e. The standard InChI is InChI=1S/C13H26N2O2/c1-6-13(14,7-2)11(16)15-8-10(3)17-12(4,5)9-15/h10H,6-9,14H2,1-5H3. The lowest BCUT2D eigenvalue weighted by Gasteiger charge is -2.44. The van der Waals surface area contributed by atoms with Crippen LogP contribution in [0.4, 0.5) is 0 Å². The number of nitrogens with two attached hydrogens (primary N) is 1. The number of ether oxygens (including phenoxy) is 1. The summed E-state index contributed by atoms with van der Waals surface area (Å²) in [6, 6.07) is 0. The second kappa shape index (κ2) is 4.94. The number of amides is 1. The smallest absolute Gasteiger partial charge is 0.242 e. The van der Waals surface area contributed by atoms with Crippen LogP contribution in [-0.2, 0) is 9.53 Å². The molecule has 0 aliphatic carbocycles. The van der Waals surface area contributed by atoms with Crippen LogP contribution in [0.25, 0.3) is 0 Å². The highest BCUT2D eigenvalue weighted by molar-refractivity contribution is 5.86. The zero-order valence-corrected chi connectivity index (χ0v) is 11.7. The molecule has 0 radical (unpaired) electrons. The van der Waals surface area contributed by atoms with Gasteiger partial charge in [0.25, 0.3) is 0 Å². The maximum atomic E-state index is 12.5. The summed E-state index contributed by atoms with van der Waals surface area (Å²) in [5, 5.41) is 0. The van der Waals surface area contributed by atoms with Crippen molar-refractivity contribution in [3.05, 3.63) is 0 Å². The highest BCUT2D eigenvalue weighted by Crippen LogP contribution is 2.24. The van der Waals surface area contributed by atoms with Crippen molar-refractivity contribution < 1.29 is 9.53 Å². The first-order chi connectivity index (χ1) is 7.74. The van der Waals surface area contributed by atoms with Crippen LogP contribution in [-0.4, -0.2) is 41.1 Å². The number of carbonyl (C=O) groups is 1. The molecule has 0 saturated carbocycles. The summed E-state index contributed by atoms with van der Waals surface area (Å²) in [5.41, 5.74) is 5.18. The van der Waals surface area contributed by atoms with Gasteiger partial charge < -0.3 is 15.4 Å². The van der Waals surface area contributed by atoms with Crippen molar-refractivity contribution in [1.29, 1.82) is 0 Å². The zero-order valence-electron chi connectivity index (χ0n) is 11.7. The lowest BCUT2D eigenvalue weighted by Crippen LogP contribution is -2.61. The molecule has 1 aliphatic rings. The number of hydrogen-bond donors (Lipinski definition) is 1. The Hall–Kier alpha value is -0.610. The molecule has 1 amide bonds. The molecule has 4 heteroatoms. The van der Waals surface area contributed by atoms with Crippen molar-refractivity contribution >= 4 is 5.91 Å². The number of nitrogens with zero attached hydrogens (tertiary/aromatic N) is 1. The van der Waals surface area contributed by atoms with Gasteiger partial charge in [-0.3, -0.25) is 4.79 Å². The van der Waals surface area contributed by atoms with Gasteiger partial charge in [-0.15, -0.1) is 0 Å². The van der Waals surface area contributed by atoms with Gasteiger partial charge in [-0.2, -0.15) is 0 Å². The minimum absolute atomic E-state index is 0.0609. The van der Waals surface area contributed by atoms with E-state index in [1.807, 2.05) is 39.5 Å². The van der Waals surface area contributed by atoms with Crippen molar-refractivity contribution in [2.75, 3.05) is 13.1 Å². The van der Waals surface area contributed by atoms with E-state index in [-0.39, 0.29) is 17.6 Å². The first kappa shape index (κ1) is 14.5. The fraction of sp³-hybridized carbons (Fsp3) is 0.923. The largest absolute Gasteiger partial charge is 0.369 e. The number of morpholine rings is 1. The highest BCUT2D eigenvalue weighted by Gasteiger charge is 2.40. The van der Waals surface area contributed by atoms with Gasteiger partial charge in [0.2, 0.25) is 5.91 Å². The third-order valence-electron chi connectivity index (χ3n) is 3.54. The predicted molar refractivity (Wildman–Crippen MR) is 68.7 cm³/mol. The summed E-state index contributed by atoms with van der Waals surface area (Å²) in [4.78, 5) is 14.3.